The van der Waals surface area contributed by atoms with Gasteiger partial charge in [0.1, 0.15) is 0 Å². The first-order valence-electron chi connectivity index (χ1n) is 7.31. The van der Waals surface area contributed by atoms with E-state index in [2.05, 4.69) is 20.9 Å². The van der Waals surface area contributed by atoms with Crippen LogP contribution in [0, 0.1) is 6.92 Å². The largest absolute Gasteiger partial charge is 0.346 e. The zero-order chi connectivity index (χ0) is 15.9. The fourth-order valence-electron chi connectivity index (χ4n) is 2.24. The van der Waals surface area contributed by atoms with Gasteiger partial charge in [0.2, 0.25) is 11.8 Å². The van der Waals surface area contributed by atoms with Crippen molar-refractivity contribution >= 4 is 29.1 Å². The lowest BCUT2D eigenvalue weighted by Crippen LogP contribution is -2.48. The second-order valence-electron chi connectivity index (χ2n) is 5.26. The van der Waals surface area contributed by atoms with Crippen LogP contribution in [-0.2, 0) is 9.59 Å². The highest BCUT2D eigenvalue weighted by atomic mass is 35.5. The van der Waals surface area contributed by atoms with E-state index < -0.39 is 0 Å². The minimum absolute atomic E-state index is 0.0448. The molecule has 22 heavy (non-hydrogen) atoms. The first-order chi connectivity index (χ1) is 10.6. The molecule has 1 aliphatic rings. The summed E-state index contributed by atoms with van der Waals surface area (Å²) in [6.07, 6.45) is 0. The molecule has 120 valence electrons. The maximum Gasteiger partial charge on any atom is 0.243 e. The second-order valence-corrected chi connectivity index (χ2v) is 5.67. The lowest BCUT2D eigenvalue weighted by Gasteiger charge is -2.26. The summed E-state index contributed by atoms with van der Waals surface area (Å²) in [5.74, 6) is -0.404. The molecule has 1 aliphatic heterocycles. The summed E-state index contributed by atoms with van der Waals surface area (Å²) in [5, 5.41) is 9.21. The lowest BCUT2D eigenvalue weighted by molar-refractivity contribution is -0.125. The number of amides is 2. The molecule has 7 heteroatoms. The van der Waals surface area contributed by atoms with Crippen molar-refractivity contribution in [3.8, 4) is 0 Å². The maximum absolute atomic E-state index is 11.9. The Kier molecular flexibility index (Phi) is 6.18. The molecule has 1 aromatic rings. The molecular formula is C15H21ClN4O2. The van der Waals surface area contributed by atoms with Crippen LogP contribution in [0.3, 0.4) is 0 Å². The van der Waals surface area contributed by atoms with Crippen molar-refractivity contribution in [2.75, 3.05) is 44.6 Å². The van der Waals surface area contributed by atoms with Gasteiger partial charge in [-0.1, -0.05) is 17.7 Å². The van der Waals surface area contributed by atoms with Crippen molar-refractivity contribution in [3.05, 3.63) is 28.8 Å². The van der Waals surface area contributed by atoms with Gasteiger partial charge in [0, 0.05) is 36.9 Å². The van der Waals surface area contributed by atoms with Gasteiger partial charge in [0.05, 0.1) is 13.1 Å². The van der Waals surface area contributed by atoms with E-state index in [0.29, 0.717) is 17.3 Å². The first-order valence-corrected chi connectivity index (χ1v) is 7.69. The summed E-state index contributed by atoms with van der Waals surface area (Å²) in [7, 11) is 0. The first kappa shape index (κ1) is 16.7. The van der Waals surface area contributed by atoms with Crippen molar-refractivity contribution in [1.29, 1.82) is 0 Å². The zero-order valence-corrected chi connectivity index (χ0v) is 13.4. The third kappa shape index (κ3) is 4.98. The SMILES string of the molecule is Cc1c(Cl)cccc1NC(=O)CNC(=O)CN1CCNCC1. The summed E-state index contributed by atoms with van der Waals surface area (Å²) < 4.78 is 0. The molecule has 0 aromatic heterocycles. The molecule has 0 unspecified atom stereocenters. The summed E-state index contributed by atoms with van der Waals surface area (Å²) in [6, 6.07) is 5.32. The van der Waals surface area contributed by atoms with Crippen molar-refractivity contribution in [1.82, 2.24) is 15.5 Å². The minimum Gasteiger partial charge on any atom is -0.346 e. The van der Waals surface area contributed by atoms with E-state index in [1.54, 1.807) is 18.2 Å². The topological polar surface area (TPSA) is 73.5 Å². The van der Waals surface area contributed by atoms with Gasteiger partial charge in [0.25, 0.3) is 0 Å². The molecule has 0 radical (unpaired) electrons. The van der Waals surface area contributed by atoms with E-state index in [1.807, 2.05) is 6.92 Å². The second kappa shape index (κ2) is 8.12. The quantitative estimate of drug-likeness (QED) is 0.742. The standard InChI is InChI=1S/C15H21ClN4O2/c1-11-12(16)3-2-4-13(11)19-14(21)9-18-15(22)10-20-7-5-17-6-8-20/h2-4,17H,5-10H2,1H3,(H,18,22)(H,19,21). The number of nitrogens with one attached hydrogen (secondary N) is 3. The average molecular weight is 325 g/mol. The molecule has 0 bridgehead atoms. The number of carbonyl (C=O) groups excluding carboxylic acids is 2. The molecule has 2 rings (SSSR count). The Bertz CT molecular complexity index is 544. The van der Waals surface area contributed by atoms with Crippen molar-refractivity contribution in [3.63, 3.8) is 0 Å². The predicted octanol–water partition coefficient (Wildman–Crippen LogP) is 0.608. The number of hydrogen-bond donors (Lipinski definition) is 3. The Morgan fingerprint density at radius 2 is 2.00 bits per heavy atom. The van der Waals surface area contributed by atoms with Crippen LogP contribution in [0.25, 0.3) is 0 Å². The molecule has 0 spiro atoms. The van der Waals surface area contributed by atoms with Crippen LogP contribution in [0.15, 0.2) is 18.2 Å². The number of benzene rings is 1. The van der Waals surface area contributed by atoms with Crippen LogP contribution < -0.4 is 16.0 Å². The van der Waals surface area contributed by atoms with E-state index in [0.717, 1.165) is 31.7 Å². The third-order valence-electron chi connectivity index (χ3n) is 3.56. The van der Waals surface area contributed by atoms with Crippen molar-refractivity contribution < 1.29 is 9.59 Å². The Balaban J connectivity index is 1.75. The van der Waals surface area contributed by atoms with Gasteiger partial charge in [-0.15, -0.1) is 0 Å². The summed E-state index contributed by atoms with van der Waals surface area (Å²) in [4.78, 5) is 25.8. The Morgan fingerprint density at radius 1 is 1.27 bits per heavy atom. The number of hydrogen-bond acceptors (Lipinski definition) is 4. The van der Waals surface area contributed by atoms with Gasteiger partial charge in [-0.3, -0.25) is 14.5 Å². The van der Waals surface area contributed by atoms with Crippen LogP contribution in [0.2, 0.25) is 5.02 Å². The van der Waals surface area contributed by atoms with Crippen molar-refractivity contribution in [2.24, 2.45) is 0 Å². The molecule has 0 saturated carbocycles. The van der Waals surface area contributed by atoms with Crippen LogP contribution >= 0.6 is 11.6 Å². The van der Waals surface area contributed by atoms with E-state index in [4.69, 9.17) is 11.6 Å². The number of carbonyl (C=O) groups is 2. The maximum atomic E-state index is 11.9. The number of rotatable bonds is 5. The van der Waals surface area contributed by atoms with Gasteiger partial charge >= 0.3 is 0 Å². The molecule has 0 atom stereocenters. The summed E-state index contributed by atoms with van der Waals surface area (Å²) in [6.45, 7) is 5.59. The molecule has 6 nitrogen and oxygen atoms in total. The highest BCUT2D eigenvalue weighted by molar-refractivity contribution is 6.31. The minimum atomic E-state index is -0.265. The van der Waals surface area contributed by atoms with E-state index in [9.17, 15) is 9.59 Å². The van der Waals surface area contributed by atoms with Gasteiger partial charge in [-0.25, -0.2) is 0 Å². The smallest absolute Gasteiger partial charge is 0.243 e. The number of anilines is 1. The van der Waals surface area contributed by atoms with Crippen LogP contribution in [0.5, 0.6) is 0 Å². The number of piperazine rings is 1. The van der Waals surface area contributed by atoms with E-state index in [1.165, 1.54) is 0 Å². The molecule has 1 saturated heterocycles. The fourth-order valence-corrected chi connectivity index (χ4v) is 2.42. The normalized spacial score (nSPS) is 15.4. The zero-order valence-electron chi connectivity index (χ0n) is 12.6. The number of nitrogens with zero attached hydrogens (tertiary/aromatic N) is 1. The van der Waals surface area contributed by atoms with Crippen LogP contribution in [0.1, 0.15) is 5.56 Å². The molecule has 1 fully saturated rings. The lowest BCUT2D eigenvalue weighted by atomic mass is 10.2. The predicted molar refractivity (Wildman–Crippen MR) is 87.1 cm³/mol. The fraction of sp³-hybridized carbons (Fsp3) is 0.467. The van der Waals surface area contributed by atoms with Gasteiger partial charge in [0.15, 0.2) is 0 Å². The molecule has 0 aliphatic carbocycles. The number of halogens is 1. The third-order valence-corrected chi connectivity index (χ3v) is 3.97. The molecule has 1 heterocycles. The van der Waals surface area contributed by atoms with Crippen LogP contribution in [-0.4, -0.2) is 56.0 Å². The van der Waals surface area contributed by atoms with Crippen LogP contribution in [0.4, 0.5) is 5.69 Å². The molecule has 2 amide bonds. The van der Waals surface area contributed by atoms with Gasteiger partial charge < -0.3 is 16.0 Å². The molecule has 1 aromatic carbocycles. The van der Waals surface area contributed by atoms with E-state index in [-0.39, 0.29) is 18.4 Å². The Morgan fingerprint density at radius 3 is 2.73 bits per heavy atom. The monoisotopic (exact) mass is 324 g/mol. The summed E-state index contributed by atoms with van der Waals surface area (Å²) >= 11 is 6.00. The average Bonchev–Trinajstić information content (AvgIpc) is 2.51. The molecule has 3 N–H and O–H groups in total. The van der Waals surface area contributed by atoms with Gasteiger partial charge in [-0.05, 0) is 24.6 Å². The Labute approximate surface area is 135 Å². The molecular weight excluding hydrogens is 304 g/mol. The highest BCUT2D eigenvalue weighted by Gasteiger charge is 2.14. The van der Waals surface area contributed by atoms with E-state index >= 15 is 0 Å². The van der Waals surface area contributed by atoms with Crippen molar-refractivity contribution in [2.45, 2.75) is 6.92 Å². The highest BCUT2D eigenvalue weighted by Crippen LogP contribution is 2.22. The van der Waals surface area contributed by atoms with Gasteiger partial charge in [-0.2, -0.15) is 0 Å². The Hall–Kier alpha value is -1.63. The summed E-state index contributed by atoms with van der Waals surface area (Å²) in [5.41, 5.74) is 1.47.